The van der Waals surface area contributed by atoms with Crippen molar-refractivity contribution in [3.8, 4) is 0 Å². The molecule has 10 heteroatoms. The second kappa shape index (κ2) is 11.8. The van der Waals surface area contributed by atoms with Crippen LogP contribution in [-0.4, -0.2) is 60.1 Å². The lowest BCUT2D eigenvalue weighted by molar-refractivity contribution is -0.206. The third-order valence-electron chi connectivity index (χ3n) is 4.81. The number of alkyl carbamates (subject to hydrolysis) is 1. The Morgan fingerprint density at radius 1 is 0.853 bits per heavy atom. The topological polar surface area (TPSA) is 126 Å². The molecule has 0 aliphatic heterocycles. The predicted molar refractivity (Wildman–Crippen MR) is 119 cm³/mol. The molecule has 1 fully saturated rings. The van der Waals surface area contributed by atoms with Gasteiger partial charge in [-0.2, -0.15) is 0 Å². The van der Waals surface area contributed by atoms with Gasteiger partial charge in [-0.15, -0.1) is 0 Å². The minimum Gasteiger partial charge on any atom is -0.460 e. The molecule has 1 amide bonds. The van der Waals surface area contributed by atoms with Gasteiger partial charge in [-0.25, -0.2) is 4.79 Å². The summed E-state index contributed by atoms with van der Waals surface area (Å²) >= 11 is 0. The van der Waals surface area contributed by atoms with Crippen molar-refractivity contribution in [3.05, 3.63) is 35.9 Å². The normalized spacial score (nSPS) is 24.5. The molecule has 1 saturated carbocycles. The van der Waals surface area contributed by atoms with E-state index in [0.717, 1.165) is 5.56 Å². The molecular formula is C24H33NO9. The Bertz CT molecular complexity index is 865. The number of carbonyl (C=O) groups is 4. The molecule has 5 atom stereocenters. The fourth-order valence-electron chi connectivity index (χ4n) is 3.72. The van der Waals surface area contributed by atoms with Crippen molar-refractivity contribution in [2.75, 3.05) is 0 Å². The summed E-state index contributed by atoms with van der Waals surface area (Å²) in [5, 5.41) is 2.70. The van der Waals surface area contributed by atoms with E-state index in [1.165, 1.54) is 20.8 Å². The lowest BCUT2D eigenvalue weighted by Crippen LogP contribution is -2.65. The highest BCUT2D eigenvalue weighted by Gasteiger charge is 2.51. The number of nitrogens with one attached hydrogen (secondary N) is 1. The van der Waals surface area contributed by atoms with Crippen molar-refractivity contribution in [2.24, 2.45) is 0 Å². The van der Waals surface area contributed by atoms with E-state index in [1.807, 2.05) is 30.3 Å². The zero-order valence-electron chi connectivity index (χ0n) is 20.4. The summed E-state index contributed by atoms with van der Waals surface area (Å²) < 4.78 is 27.9. The smallest absolute Gasteiger partial charge is 0.408 e. The van der Waals surface area contributed by atoms with Crippen molar-refractivity contribution in [2.45, 2.75) is 90.6 Å². The second-order valence-electron chi connectivity index (χ2n) is 9.04. The molecule has 0 aromatic heterocycles. The Morgan fingerprint density at radius 2 is 1.41 bits per heavy atom. The van der Waals surface area contributed by atoms with E-state index in [4.69, 9.17) is 23.7 Å². The standard InChI is InChI=1S/C24H33NO9/c1-14(26)31-18-12-19(32-15(2)27)21(33-16(3)28)22(30-13-17-10-8-7-9-11-17)20(18)25-23(29)34-24(4,5)6/h7-11,18-22H,12-13H2,1-6H3,(H,25,29)/t18-,19-,20+,21-,22-/m1/s1. The van der Waals surface area contributed by atoms with E-state index in [-0.39, 0.29) is 13.0 Å². The molecule has 0 unspecified atom stereocenters. The maximum absolute atomic E-state index is 12.6. The van der Waals surface area contributed by atoms with Crippen molar-refractivity contribution < 1.29 is 42.9 Å². The number of amides is 1. The van der Waals surface area contributed by atoms with Crippen LogP contribution in [0.1, 0.15) is 53.5 Å². The number of rotatable bonds is 7. The van der Waals surface area contributed by atoms with Gasteiger partial charge >= 0.3 is 24.0 Å². The molecule has 1 N–H and O–H groups in total. The summed E-state index contributed by atoms with van der Waals surface area (Å²) in [4.78, 5) is 48.2. The van der Waals surface area contributed by atoms with Crippen LogP contribution in [0.2, 0.25) is 0 Å². The average molecular weight is 480 g/mol. The van der Waals surface area contributed by atoms with Crippen molar-refractivity contribution >= 4 is 24.0 Å². The van der Waals surface area contributed by atoms with Gasteiger partial charge in [0.15, 0.2) is 6.10 Å². The van der Waals surface area contributed by atoms with Crippen LogP contribution >= 0.6 is 0 Å². The Morgan fingerprint density at radius 3 is 1.94 bits per heavy atom. The Hall–Kier alpha value is -3.14. The monoisotopic (exact) mass is 479 g/mol. The van der Waals surface area contributed by atoms with E-state index in [2.05, 4.69) is 5.32 Å². The molecule has 1 aromatic carbocycles. The SMILES string of the molecule is CC(=O)O[C@H]1[C@H](OCc2ccccc2)[C@@H](NC(=O)OC(C)(C)C)[C@H](OC(C)=O)C[C@H]1OC(C)=O. The third-order valence-corrected chi connectivity index (χ3v) is 4.81. The molecular weight excluding hydrogens is 446 g/mol. The summed E-state index contributed by atoms with van der Waals surface area (Å²) in [6, 6.07) is 8.25. The van der Waals surface area contributed by atoms with Crippen LogP contribution in [-0.2, 0) is 44.7 Å². The van der Waals surface area contributed by atoms with Crippen molar-refractivity contribution in [1.82, 2.24) is 5.32 Å². The van der Waals surface area contributed by atoms with E-state index in [9.17, 15) is 19.2 Å². The minimum atomic E-state index is -1.07. The molecule has 0 bridgehead atoms. The van der Waals surface area contributed by atoms with Crippen LogP contribution < -0.4 is 5.32 Å². The number of hydrogen-bond acceptors (Lipinski definition) is 9. The largest absolute Gasteiger partial charge is 0.460 e. The van der Waals surface area contributed by atoms with E-state index >= 15 is 0 Å². The van der Waals surface area contributed by atoms with Crippen LogP contribution in [0, 0.1) is 0 Å². The first-order valence-electron chi connectivity index (χ1n) is 11.0. The third kappa shape index (κ3) is 8.66. The number of ether oxygens (including phenoxy) is 5. The zero-order valence-corrected chi connectivity index (χ0v) is 20.4. The highest BCUT2D eigenvalue weighted by Crippen LogP contribution is 2.31. The first-order chi connectivity index (χ1) is 15.9. The summed E-state index contributed by atoms with van der Waals surface area (Å²) in [6.45, 7) is 8.87. The van der Waals surface area contributed by atoms with Crippen molar-refractivity contribution in [3.63, 3.8) is 0 Å². The van der Waals surface area contributed by atoms with Gasteiger partial charge < -0.3 is 29.0 Å². The predicted octanol–water partition coefficient (Wildman–Crippen LogP) is 2.66. The van der Waals surface area contributed by atoms with E-state index in [1.54, 1.807) is 20.8 Å². The van der Waals surface area contributed by atoms with Crippen molar-refractivity contribution in [1.29, 1.82) is 0 Å². The number of carbonyl (C=O) groups excluding carboxylic acids is 4. The molecule has 0 saturated heterocycles. The molecule has 1 aromatic rings. The molecule has 188 valence electrons. The van der Waals surface area contributed by atoms with Gasteiger partial charge in [0.2, 0.25) is 0 Å². The van der Waals surface area contributed by atoms with Gasteiger partial charge in [-0.1, -0.05) is 30.3 Å². The van der Waals surface area contributed by atoms with E-state index in [0.29, 0.717) is 0 Å². The average Bonchev–Trinajstić information content (AvgIpc) is 2.68. The van der Waals surface area contributed by atoms with Crippen LogP contribution in [0.15, 0.2) is 30.3 Å². The lowest BCUT2D eigenvalue weighted by Gasteiger charge is -2.44. The fraction of sp³-hybridized carbons (Fsp3) is 0.583. The minimum absolute atomic E-state index is 0.0250. The Balaban J connectivity index is 2.44. The molecule has 1 aliphatic rings. The van der Waals surface area contributed by atoms with Gasteiger partial charge in [-0.3, -0.25) is 14.4 Å². The molecule has 0 spiro atoms. The second-order valence-corrected chi connectivity index (χ2v) is 9.04. The van der Waals surface area contributed by atoms with E-state index < -0.39 is 60.1 Å². The highest BCUT2D eigenvalue weighted by atomic mass is 16.6. The molecule has 2 rings (SSSR count). The quantitative estimate of drug-likeness (QED) is 0.464. The summed E-state index contributed by atoms with van der Waals surface area (Å²) in [5.41, 5.74) is 0.0322. The summed E-state index contributed by atoms with van der Waals surface area (Å²) in [7, 11) is 0. The Kier molecular flexibility index (Phi) is 9.43. The Labute approximate surface area is 199 Å². The van der Waals surface area contributed by atoms with Gasteiger partial charge in [0, 0.05) is 27.2 Å². The zero-order chi connectivity index (χ0) is 25.5. The van der Waals surface area contributed by atoms with Gasteiger partial charge in [0.25, 0.3) is 0 Å². The van der Waals surface area contributed by atoms with Crippen LogP contribution in [0.25, 0.3) is 0 Å². The number of esters is 3. The van der Waals surface area contributed by atoms with Gasteiger partial charge in [0.05, 0.1) is 12.6 Å². The first-order valence-corrected chi connectivity index (χ1v) is 11.0. The van der Waals surface area contributed by atoms with Crippen LogP contribution in [0.4, 0.5) is 4.79 Å². The van der Waals surface area contributed by atoms with Gasteiger partial charge in [0.1, 0.15) is 23.9 Å². The first kappa shape index (κ1) is 27.1. The fourth-order valence-corrected chi connectivity index (χ4v) is 3.72. The number of hydrogen-bond donors (Lipinski definition) is 1. The van der Waals surface area contributed by atoms with Gasteiger partial charge in [-0.05, 0) is 26.3 Å². The molecule has 1 aliphatic carbocycles. The highest BCUT2D eigenvalue weighted by molar-refractivity contribution is 5.70. The molecule has 0 heterocycles. The van der Waals surface area contributed by atoms with Crippen LogP contribution in [0.5, 0.6) is 0 Å². The maximum atomic E-state index is 12.6. The maximum Gasteiger partial charge on any atom is 0.408 e. The molecule has 34 heavy (non-hydrogen) atoms. The summed E-state index contributed by atoms with van der Waals surface area (Å²) in [5.74, 6) is -1.84. The lowest BCUT2D eigenvalue weighted by atomic mass is 9.84. The summed E-state index contributed by atoms with van der Waals surface area (Å²) in [6.07, 6.45) is -4.81. The number of benzene rings is 1. The molecule has 0 radical (unpaired) electrons. The molecule has 10 nitrogen and oxygen atoms in total. The van der Waals surface area contributed by atoms with Crippen LogP contribution in [0.3, 0.4) is 0 Å².